The van der Waals surface area contributed by atoms with E-state index in [1.165, 1.54) is 7.05 Å². The summed E-state index contributed by atoms with van der Waals surface area (Å²) in [6.45, 7) is -1.11. The largest absolute Gasteiger partial charge is 0.392 e. The maximum absolute atomic E-state index is 12.7. The van der Waals surface area contributed by atoms with Crippen LogP contribution in [0.3, 0.4) is 0 Å². The van der Waals surface area contributed by atoms with E-state index in [1.807, 2.05) is 0 Å². The number of aryl methyl sites for hydroxylation is 1. The number of hydrogen-bond acceptors (Lipinski definition) is 4. The molecule has 0 bridgehead atoms. The number of amides is 1. The molecule has 0 saturated heterocycles. The van der Waals surface area contributed by atoms with Gasteiger partial charge in [0.25, 0.3) is 5.56 Å². The van der Waals surface area contributed by atoms with E-state index in [2.05, 4.69) is 10.4 Å². The Morgan fingerprint density at radius 3 is 2.70 bits per heavy atom. The van der Waals surface area contributed by atoms with Crippen molar-refractivity contribution in [3.63, 3.8) is 0 Å². The molecule has 0 atom stereocenters. The number of aliphatic hydroxyl groups excluding tert-OH is 1. The number of aliphatic hydroxyl groups is 1. The number of alkyl halides is 1. The molecule has 1 saturated carbocycles. The minimum Gasteiger partial charge on any atom is -0.392 e. The first-order valence-corrected chi connectivity index (χ1v) is 6.52. The van der Waals surface area contributed by atoms with Crippen LogP contribution in [-0.2, 0) is 24.9 Å². The fourth-order valence-electron chi connectivity index (χ4n) is 1.97. The fourth-order valence-corrected chi connectivity index (χ4v) is 2.26. The monoisotopic (exact) mass is 303 g/mol. The number of hydrogen-bond donors (Lipinski definition) is 2. The van der Waals surface area contributed by atoms with Crippen LogP contribution in [0.4, 0.5) is 4.39 Å². The van der Waals surface area contributed by atoms with Gasteiger partial charge in [-0.25, -0.2) is 9.07 Å². The predicted molar refractivity (Wildman–Crippen MR) is 70.2 cm³/mol. The molecule has 0 aliphatic heterocycles. The summed E-state index contributed by atoms with van der Waals surface area (Å²) in [5.74, 6) is -0.464. The first-order chi connectivity index (χ1) is 9.42. The Hall–Kier alpha value is -1.47. The average molecular weight is 304 g/mol. The van der Waals surface area contributed by atoms with E-state index in [1.54, 1.807) is 0 Å². The van der Waals surface area contributed by atoms with E-state index in [4.69, 9.17) is 11.6 Å². The molecule has 110 valence electrons. The standard InChI is InChI=1S/C12H15ClFN3O3/c1-17-11(20)7(8(5-18)10(13)16-17)4-9(19)15-12(6-14)2-3-12/h18H,2-6H2,1H3,(H,15,19). The normalized spacial score (nSPS) is 16.0. The van der Waals surface area contributed by atoms with Gasteiger partial charge < -0.3 is 10.4 Å². The quantitative estimate of drug-likeness (QED) is 0.807. The van der Waals surface area contributed by atoms with E-state index in [-0.39, 0.29) is 22.7 Å². The van der Waals surface area contributed by atoms with Crippen LogP contribution in [-0.4, -0.2) is 33.0 Å². The maximum Gasteiger partial charge on any atom is 0.270 e. The molecule has 0 unspecified atom stereocenters. The molecule has 0 aromatic carbocycles. The predicted octanol–water partition coefficient (Wildman–Crippen LogP) is 0.0868. The Morgan fingerprint density at radius 1 is 1.55 bits per heavy atom. The number of halogens is 2. The summed E-state index contributed by atoms with van der Waals surface area (Å²) in [5, 5.41) is 15.5. The third kappa shape index (κ3) is 2.83. The number of nitrogens with one attached hydrogen (secondary N) is 1. The molecule has 2 N–H and O–H groups in total. The summed E-state index contributed by atoms with van der Waals surface area (Å²) < 4.78 is 13.7. The maximum atomic E-state index is 12.7. The van der Waals surface area contributed by atoms with Crippen LogP contribution in [0.5, 0.6) is 0 Å². The lowest BCUT2D eigenvalue weighted by Gasteiger charge is -2.14. The Balaban J connectivity index is 2.24. The number of aromatic nitrogens is 2. The number of carbonyl (C=O) groups is 1. The first-order valence-electron chi connectivity index (χ1n) is 6.15. The summed E-state index contributed by atoms with van der Waals surface area (Å²) in [5.41, 5.74) is -1.05. The molecule has 8 heteroatoms. The second-order valence-electron chi connectivity index (χ2n) is 4.97. The summed E-state index contributed by atoms with van der Waals surface area (Å²) in [6.07, 6.45) is 0.932. The van der Waals surface area contributed by atoms with Gasteiger partial charge in [-0.3, -0.25) is 9.59 Å². The third-order valence-electron chi connectivity index (χ3n) is 3.41. The molecule has 1 fully saturated rings. The molecule has 20 heavy (non-hydrogen) atoms. The van der Waals surface area contributed by atoms with Crippen molar-refractivity contribution in [1.82, 2.24) is 15.1 Å². The zero-order valence-electron chi connectivity index (χ0n) is 10.9. The smallest absolute Gasteiger partial charge is 0.270 e. The number of nitrogens with zero attached hydrogens (tertiary/aromatic N) is 2. The van der Waals surface area contributed by atoms with E-state index >= 15 is 0 Å². The van der Waals surface area contributed by atoms with Gasteiger partial charge in [0.05, 0.1) is 18.6 Å². The Kier molecular flexibility index (Phi) is 4.10. The second-order valence-corrected chi connectivity index (χ2v) is 5.33. The molecule has 1 aliphatic carbocycles. The van der Waals surface area contributed by atoms with E-state index in [0.717, 1.165) is 4.68 Å². The second kappa shape index (κ2) is 5.49. The molecule has 6 nitrogen and oxygen atoms in total. The van der Waals surface area contributed by atoms with Crippen molar-refractivity contribution in [3.8, 4) is 0 Å². The van der Waals surface area contributed by atoms with E-state index in [0.29, 0.717) is 12.8 Å². The molecule has 0 spiro atoms. The van der Waals surface area contributed by atoms with Crippen LogP contribution in [0.25, 0.3) is 0 Å². The highest BCUT2D eigenvalue weighted by molar-refractivity contribution is 6.30. The Labute approximate surface area is 119 Å². The Morgan fingerprint density at radius 2 is 2.20 bits per heavy atom. The summed E-state index contributed by atoms with van der Waals surface area (Å²) in [6, 6.07) is 0. The van der Waals surface area contributed by atoms with Crippen molar-refractivity contribution in [3.05, 3.63) is 26.6 Å². The van der Waals surface area contributed by atoms with Gasteiger partial charge in [-0.1, -0.05) is 11.6 Å². The van der Waals surface area contributed by atoms with E-state index in [9.17, 15) is 19.1 Å². The fraction of sp³-hybridized carbons (Fsp3) is 0.583. The lowest BCUT2D eigenvalue weighted by atomic mass is 10.1. The summed E-state index contributed by atoms with van der Waals surface area (Å²) in [4.78, 5) is 23.9. The van der Waals surface area contributed by atoms with Crippen molar-refractivity contribution in [2.24, 2.45) is 7.05 Å². The van der Waals surface area contributed by atoms with Gasteiger partial charge in [0, 0.05) is 18.2 Å². The zero-order chi connectivity index (χ0) is 14.9. The van der Waals surface area contributed by atoms with Crippen LogP contribution in [0.1, 0.15) is 24.0 Å². The van der Waals surface area contributed by atoms with Crippen molar-refractivity contribution in [2.75, 3.05) is 6.67 Å². The van der Waals surface area contributed by atoms with Crippen LogP contribution >= 0.6 is 11.6 Å². The zero-order valence-corrected chi connectivity index (χ0v) is 11.7. The van der Waals surface area contributed by atoms with Gasteiger partial charge in [0.15, 0.2) is 5.15 Å². The van der Waals surface area contributed by atoms with Crippen molar-refractivity contribution in [2.45, 2.75) is 31.4 Å². The van der Waals surface area contributed by atoms with Gasteiger partial charge in [0.1, 0.15) is 6.67 Å². The lowest BCUT2D eigenvalue weighted by Crippen LogP contribution is -2.40. The Bertz CT molecular complexity index is 598. The minimum absolute atomic E-state index is 0.0240. The van der Waals surface area contributed by atoms with Gasteiger partial charge in [-0.15, -0.1) is 0 Å². The van der Waals surface area contributed by atoms with Gasteiger partial charge >= 0.3 is 0 Å². The molecule has 1 aromatic heterocycles. The molecule has 1 amide bonds. The average Bonchev–Trinajstić information content (AvgIpc) is 3.16. The molecule has 1 aliphatic rings. The van der Waals surface area contributed by atoms with Crippen molar-refractivity contribution in [1.29, 1.82) is 0 Å². The van der Waals surface area contributed by atoms with Crippen LogP contribution in [0.2, 0.25) is 5.15 Å². The molecule has 2 rings (SSSR count). The SMILES string of the molecule is Cn1nc(Cl)c(CO)c(CC(=O)NC2(CF)CC2)c1=O. The molecule has 1 heterocycles. The molecule has 1 aromatic rings. The van der Waals surface area contributed by atoms with Gasteiger partial charge in [-0.2, -0.15) is 5.10 Å². The third-order valence-corrected chi connectivity index (χ3v) is 3.72. The van der Waals surface area contributed by atoms with Crippen LogP contribution < -0.4 is 10.9 Å². The number of carbonyl (C=O) groups excluding carboxylic acids is 1. The van der Waals surface area contributed by atoms with Crippen molar-refractivity contribution >= 4 is 17.5 Å². The highest BCUT2D eigenvalue weighted by atomic mass is 35.5. The highest BCUT2D eigenvalue weighted by Gasteiger charge is 2.44. The molecular formula is C12H15ClFN3O3. The summed E-state index contributed by atoms with van der Waals surface area (Å²) >= 11 is 5.84. The topological polar surface area (TPSA) is 84.2 Å². The summed E-state index contributed by atoms with van der Waals surface area (Å²) in [7, 11) is 1.40. The van der Waals surface area contributed by atoms with E-state index < -0.39 is 30.3 Å². The highest BCUT2D eigenvalue weighted by Crippen LogP contribution is 2.35. The van der Waals surface area contributed by atoms with Crippen molar-refractivity contribution < 1.29 is 14.3 Å². The van der Waals surface area contributed by atoms with Gasteiger partial charge in [0.2, 0.25) is 5.91 Å². The minimum atomic E-state index is -0.765. The van der Waals surface area contributed by atoms with Gasteiger partial charge in [-0.05, 0) is 12.8 Å². The lowest BCUT2D eigenvalue weighted by molar-refractivity contribution is -0.121. The first kappa shape index (κ1) is 14.9. The number of rotatable bonds is 5. The van der Waals surface area contributed by atoms with Crippen LogP contribution in [0.15, 0.2) is 4.79 Å². The van der Waals surface area contributed by atoms with Crippen LogP contribution in [0, 0.1) is 0 Å². The molecule has 0 radical (unpaired) electrons. The molecular weight excluding hydrogens is 289 g/mol.